The molecule has 0 amide bonds. The molecule has 0 saturated heterocycles. The Hall–Kier alpha value is -0.790. The average molecular weight is 168 g/mol. The van der Waals surface area contributed by atoms with Crippen molar-refractivity contribution in [2.24, 2.45) is 0 Å². The van der Waals surface area contributed by atoms with E-state index < -0.39 is 0 Å². The average Bonchev–Trinajstić information content (AvgIpc) is 2.32. The zero-order valence-electron chi connectivity index (χ0n) is 7.64. The number of hydrogen-bond acceptors (Lipinski definition) is 2. The van der Waals surface area contributed by atoms with Gasteiger partial charge in [-0.05, 0) is 32.6 Å². The van der Waals surface area contributed by atoms with Gasteiger partial charge in [-0.2, -0.15) is 0 Å². The van der Waals surface area contributed by atoms with Crippen LogP contribution in [0.5, 0.6) is 0 Å². The van der Waals surface area contributed by atoms with E-state index in [0.717, 1.165) is 24.8 Å². The number of allylic oxidation sites excluding steroid dienone is 1. The molecule has 0 fully saturated rings. The molecular weight excluding hydrogens is 152 g/mol. The summed E-state index contributed by atoms with van der Waals surface area (Å²) in [4.78, 5) is 11.3. The number of carbonyl (C=O) groups excluding carboxylic acids is 1. The van der Waals surface area contributed by atoms with Crippen LogP contribution >= 0.6 is 0 Å². The van der Waals surface area contributed by atoms with Gasteiger partial charge in [0, 0.05) is 5.57 Å². The molecule has 1 aliphatic rings. The van der Waals surface area contributed by atoms with Crippen LogP contribution in [-0.2, 0) is 9.53 Å². The van der Waals surface area contributed by atoms with Gasteiger partial charge in [-0.15, -0.1) is 0 Å². The lowest BCUT2D eigenvalue weighted by Gasteiger charge is -2.03. The number of ether oxygens (including phenoxy) is 1. The van der Waals surface area contributed by atoms with Gasteiger partial charge in [-0.3, -0.25) is 0 Å². The minimum atomic E-state index is -0.112. The third-order valence-electron chi connectivity index (χ3n) is 2.08. The highest BCUT2D eigenvalue weighted by atomic mass is 16.5. The third kappa shape index (κ3) is 2.68. The molecule has 0 radical (unpaired) electrons. The van der Waals surface area contributed by atoms with Gasteiger partial charge in [0.2, 0.25) is 0 Å². The highest BCUT2D eigenvalue weighted by Crippen LogP contribution is 2.17. The molecule has 0 bridgehead atoms. The molecule has 0 saturated carbocycles. The fourth-order valence-electron chi connectivity index (χ4n) is 1.42. The van der Waals surface area contributed by atoms with Gasteiger partial charge in [0.05, 0.1) is 6.61 Å². The Labute approximate surface area is 73.6 Å². The molecule has 0 aliphatic heterocycles. The minimum absolute atomic E-state index is 0.112. The van der Waals surface area contributed by atoms with Gasteiger partial charge in [0.1, 0.15) is 0 Å². The maximum Gasteiger partial charge on any atom is 0.333 e. The summed E-state index contributed by atoms with van der Waals surface area (Å²) in [5.41, 5.74) is 0.884. The van der Waals surface area contributed by atoms with Crippen molar-refractivity contribution in [3.05, 3.63) is 11.6 Å². The van der Waals surface area contributed by atoms with Crippen LogP contribution in [0.4, 0.5) is 0 Å². The van der Waals surface area contributed by atoms with Crippen LogP contribution in [0.25, 0.3) is 0 Å². The quantitative estimate of drug-likeness (QED) is 0.592. The summed E-state index contributed by atoms with van der Waals surface area (Å²) >= 11 is 0. The van der Waals surface area contributed by atoms with E-state index in [1.54, 1.807) is 0 Å². The molecule has 1 rings (SSSR count). The van der Waals surface area contributed by atoms with Crippen LogP contribution in [0, 0.1) is 0 Å². The molecule has 0 atom stereocenters. The van der Waals surface area contributed by atoms with Gasteiger partial charge in [-0.25, -0.2) is 4.79 Å². The maximum absolute atomic E-state index is 11.3. The van der Waals surface area contributed by atoms with E-state index in [4.69, 9.17) is 4.74 Å². The van der Waals surface area contributed by atoms with Gasteiger partial charge < -0.3 is 4.74 Å². The minimum Gasteiger partial charge on any atom is -0.463 e. The fourth-order valence-corrected chi connectivity index (χ4v) is 1.42. The molecule has 0 aromatic carbocycles. The van der Waals surface area contributed by atoms with Crippen molar-refractivity contribution in [2.75, 3.05) is 6.61 Å². The molecular formula is C10H16O2. The molecule has 0 spiro atoms. The Morgan fingerprint density at radius 1 is 1.50 bits per heavy atom. The summed E-state index contributed by atoms with van der Waals surface area (Å²) in [6.07, 6.45) is 7.55. The van der Waals surface area contributed by atoms with E-state index >= 15 is 0 Å². The first-order valence-electron chi connectivity index (χ1n) is 4.70. The first-order valence-corrected chi connectivity index (χ1v) is 4.70. The first kappa shape index (κ1) is 9.30. The molecule has 68 valence electrons. The third-order valence-corrected chi connectivity index (χ3v) is 2.08. The Morgan fingerprint density at radius 2 is 2.33 bits per heavy atom. The van der Waals surface area contributed by atoms with Crippen LogP contribution in [0.1, 0.15) is 39.0 Å². The maximum atomic E-state index is 11.3. The summed E-state index contributed by atoms with van der Waals surface area (Å²) in [6, 6.07) is 0. The lowest BCUT2D eigenvalue weighted by Crippen LogP contribution is -2.07. The zero-order chi connectivity index (χ0) is 8.81. The van der Waals surface area contributed by atoms with Crippen molar-refractivity contribution in [1.82, 2.24) is 0 Å². The van der Waals surface area contributed by atoms with Crippen LogP contribution in [-0.4, -0.2) is 12.6 Å². The van der Waals surface area contributed by atoms with Gasteiger partial charge in [-0.1, -0.05) is 12.5 Å². The Morgan fingerprint density at radius 3 is 3.08 bits per heavy atom. The smallest absolute Gasteiger partial charge is 0.333 e. The Balaban J connectivity index is 2.47. The Bertz CT molecular complexity index is 182. The standard InChI is InChI=1S/C10H16O2/c1-2-12-10(11)9-7-5-3-4-6-8-9/h7H,2-6,8H2,1H3. The topological polar surface area (TPSA) is 26.3 Å². The molecule has 0 unspecified atom stereocenters. The highest BCUT2D eigenvalue weighted by molar-refractivity contribution is 5.88. The summed E-state index contributed by atoms with van der Waals surface area (Å²) < 4.78 is 4.93. The number of carbonyl (C=O) groups is 1. The highest BCUT2D eigenvalue weighted by Gasteiger charge is 2.11. The van der Waals surface area contributed by atoms with Crippen LogP contribution < -0.4 is 0 Å². The second-order valence-corrected chi connectivity index (χ2v) is 3.05. The number of hydrogen-bond donors (Lipinski definition) is 0. The monoisotopic (exact) mass is 168 g/mol. The second kappa shape index (κ2) is 4.96. The van der Waals surface area contributed by atoms with Gasteiger partial charge in [0.25, 0.3) is 0 Å². The fraction of sp³-hybridized carbons (Fsp3) is 0.700. The molecule has 0 N–H and O–H groups in total. The first-order chi connectivity index (χ1) is 5.84. The summed E-state index contributed by atoms with van der Waals surface area (Å²) in [5.74, 6) is -0.112. The van der Waals surface area contributed by atoms with Gasteiger partial charge >= 0.3 is 5.97 Å². The van der Waals surface area contributed by atoms with Crippen LogP contribution in [0.15, 0.2) is 11.6 Å². The van der Waals surface area contributed by atoms with E-state index in [9.17, 15) is 4.79 Å². The molecule has 2 heteroatoms. The van der Waals surface area contributed by atoms with Crippen molar-refractivity contribution in [2.45, 2.75) is 39.0 Å². The van der Waals surface area contributed by atoms with E-state index in [0.29, 0.717) is 6.61 Å². The van der Waals surface area contributed by atoms with E-state index in [1.165, 1.54) is 12.8 Å². The summed E-state index contributed by atoms with van der Waals surface area (Å²) in [6.45, 7) is 2.32. The molecule has 0 aromatic heterocycles. The zero-order valence-corrected chi connectivity index (χ0v) is 7.64. The lowest BCUT2D eigenvalue weighted by molar-refractivity contribution is -0.138. The van der Waals surface area contributed by atoms with E-state index in [-0.39, 0.29) is 5.97 Å². The SMILES string of the molecule is CCOC(=O)C1=CCCCCC1. The molecule has 2 nitrogen and oxygen atoms in total. The van der Waals surface area contributed by atoms with Crippen LogP contribution in [0.3, 0.4) is 0 Å². The van der Waals surface area contributed by atoms with Crippen molar-refractivity contribution in [3.63, 3.8) is 0 Å². The molecule has 0 heterocycles. The number of rotatable bonds is 2. The second-order valence-electron chi connectivity index (χ2n) is 3.05. The predicted molar refractivity (Wildman–Crippen MR) is 47.8 cm³/mol. The van der Waals surface area contributed by atoms with Crippen molar-refractivity contribution >= 4 is 5.97 Å². The van der Waals surface area contributed by atoms with Crippen molar-refractivity contribution in [3.8, 4) is 0 Å². The molecule has 1 aliphatic carbocycles. The normalized spacial score (nSPS) is 17.9. The summed E-state index contributed by atoms with van der Waals surface area (Å²) in [5, 5.41) is 0. The van der Waals surface area contributed by atoms with E-state index in [2.05, 4.69) is 0 Å². The van der Waals surface area contributed by atoms with E-state index in [1.807, 2.05) is 13.0 Å². The Kier molecular flexibility index (Phi) is 3.85. The summed E-state index contributed by atoms with van der Waals surface area (Å²) in [7, 11) is 0. The molecule has 12 heavy (non-hydrogen) atoms. The van der Waals surface area contributed by atoms with Crippen LogP contribution in [0.2, 0.25) is 0 Å². The predicted octanol–water partition coefficient (Wildman–Crippen LogP) is 2.44. The van der Waals surface area contributed by atoms with Crippen molar-refractivity contribution < 1.29 is 9.53 Å². The van der Waals surface area contributed by atoms with Crippen molar-refractivity contribution in [1.29, 1.82) is 0 Å². The van der Waals surface area contributed by atoms with Gasteiger partial charge in [0.15, 0.2) is 0 Å². The lowest BCUT2D eigenvalue weighted by atomic mass is 10.1. The largest absolute Gasteiger partial charge is 0.463 e. The number of esters is 1. The molecule has 0 aromatic rings.